The minimum atomic E-state index is -0.897. The second kappa shape index (κ2) is 15.7. The lowest BCUT2D eigenvalue weighted by Crippen LogP contribution is -2.48. The first-order valence-electron chi connectivity index (χ1n) is 13.2. The van der Waals surface area contributed by atoms with Crippen LogP contribution in [0.5, 0.6) is 0 Å². The predicted molar refractivity (Wildman–Crippen MR) is 138 cm³/mol. The van der Waals surface area contributed by atoms with Crippen LogP contribution in [0.25, 0.3) is 0 Å². The molecular weight excluding hydrogens is 458 g/mol. The molecule has 2 aromatic rings. The highest BCUT2D eigenvalue weighted by atomic mass is 16.7. The van der Waals surface area contributed by atoms with Gasteiger partial charge in [0.15, 0.2) is 6.29 Å². The van der Waals surface area contributed by atoms with Gasteiger partial charge in [0.05, 0.1) is 19.1 Å². The van der Waals surface area contributed by atoms with Gasteiger partial charge in [-0.2, -0.15) is 0 Å². The lowest BCUT2D eigenvalue weighted by atomic mass is 10.0. The Labute approximate surface area is 215 Å². The monoisotopic (exact) mass is 499 g/mol. The van der Waals surface area contributed by atoms with Crippen molar-refractivity contribution in [3.63, 3.8) is 0 Å². The number of ether oxygens (including phenoxy) is 3. The van der Waals surface area contributed by atoms with Crippen LogP contribution in [0.2, 0.25) is 0 Å². The average molecular weight is 500 g/mol. The van der Waals surface area contributed by atoms with E-state index in [1.54, 1.807) is 0 Å². The first kappa shape index (κ1) is 28.3. The van der Waals surface area contributed by atoms with Gasteiger partial charge in [-0.05, 0) is 24.9 Å². The summed E-state index contributed by atoms with van der Waals surface area (Å²) in [5.41, 5.74) is 1.82. The number of carbonyl (C=O) groups is 1. The highest BCUT2D eigenvalue weighted by Gasteiger charge is 2.36. The average Bonchev–Trinajstić information content (AvgIpc) is 2.92. The molecule has 0 radical (unpaired) electrons. The van der Waals surface area contributed by atoms with E-state index in [1.165, 1.54) is 6.42 Å². The van der Waals surface area contributed by atoms with Gasteiger partial charge >= 0.3 is 5.97 Å². The Morgan fingerprint density at radius 3 is 2.47 bits per heavy atom. The number of aliphatic hydroxyl groups is 2. The number of carbonyl (C=O) groups excluding carboxylic acids is 1. The first-order chi connectivity index (χ1) is 17.6. The zero-order valence-electron chi connectivity index (χ0n) is 21.3. The van der Waals surface area contributed by atoms with Crippen molar-refractivity contribution < 1.29 is 29.2 Å². The predicted octanol–water partition coefficient (Wildman–Crippen LogP) is 4.23. The smallest absolute Gasteiger partial charge is 0.307 e. The Balaban J connectivity index is 1.48. The molecule has 36 heavy (non-hydrogen) atoms. The van der Waals surface area contributed by atoms with Crippen molar-refractivity contribution in [1.29, 1.82) is 0 Å². The number of benzene rings is 2. The number of hydrogen-bond acceptors (Lipinski definition) is 7. The highest BCUT2D eigenvalue weighted by molar-refractivity contribution is 5.69. The molecule has 1 aliphatic rings. The molecule has 1 fully saturated rings. The summed E-state index contributed by atoms with van der Waals surface area (Å²) in [4.78, 5) is 14.5. The number of unbranched alkanes of at least 4 members (excludes halogenated alkanes) is 3. The standard InChI is InChI=1S/C29H41NO6/c1-2-3-4-11-18-30(20-17-27(33)34-21-23-12-7-5-8-13-23)19-16-25(31)28-26(32)22-35-29(36-28)24-14-9-6-10-15-24/h5-10,12-15,25-26,28-29,31-32H,2-4,11,16-22H2,1H3. The highest BCUT2D eigenvalue weighted by Crippen LogP contribution is 2.28. The molecule has 1 saturated heterocycles. The summed E-state index contributed by atoms with van der Waals surface area (Å²) >= 11 is 0. The third kappa shape index (κ3) is 9.64. The molecule has 0 saturated carbocycles. The topological polar surface area (TPSA) is 88.5 Å². The summed E-state index contributed by atoms with van der Waals surface area (Å²) in [6.07, 6.45) is 2.14. The largest absolute Gasteiger partial charge is 0.461 e. The molecule has 7 nitrogen and oxygen atoms in total. The van der Waals surface area contributed by atoms with Crippen molar-refractivity contribution in [3.8, 4) is 0 Å². The molecule has 2 aromatic carbocycles. The summed E-state index contributed by atoms with van der Waals surface area (Å²) in [6.45, 7) is 4.58. The maximum Gasteiger partial charge on any atom is 0.307 e. The number of esters is 1. The lowest BCUT2D eigenvalue weighted by Gasteiger charge is -2.37. The Hall–Kier alpha value is -2.29. The number of rotatable bonds is 15. The summed E-state index contributed by atoms with van der Waals surface area (Å²) < 4.78 is 17.0. The molecule has 0 aromatic heterocycles. The SMILES string of the molecule is CCCCCCN(CCC(=O)OCc1ccccc1)CCC(O)C1OC(c2ccccc2)OCC1O. The number of aliphatic hydroxyl groups excluding tert-OH is 2. The van der Waals surface area contributed by atoms with Crippen molar-refractivity contribution in [2.45, 2.75) is 76.7 Å². The van der Waals surface area contributed by atoms with E-state index in [2.05, 4.69) is 11.8 Å². The maximum absolute atomic E-state index is 12.3. The molecule has 0 bridgehead atoms. The quantitative estimate of drug-likeness (QED) is 0.280. The van der Waals surface area contributed by atoms with Crippen LogP contribution in [0, 0.1) is 0 Å². The third-order valence-corrected chi connectivity index (χ3v) is 6.47. The van der Waals surface area contributed by atoms with E-state index in [-0.39, 0.29) is 19.2 Å². The van der Waals surface area contributed by atoms with E-state index in [0.29, 0.717) is 25.9 Å². The van der Waals surface area contributed by atoms with Crippen LogP contribution in [0.3, 0.4) is 0 Å². The first-order valence-corrected chi connectivity index (χ1v) is 13.2. The molecule has 1 aliphatic heterocycles. The minimum absolute atomic E-state index is 0.106. The van der Waals surface area contributed by atoms with Crippen LogP contribution in [0.4, 0.5) is 0 Å². The van der Waals surface area contributed by atoms with Gasteiger partial charge in [0.25, 0.3) is 0 Å². The van der Waals surface area contributed by atoms with E-state index in [9.17, 15) is 15.0 Å². The fraction of sp³-hybridized carbons (Fsp3) is 0.552. The normalized spacial score (nSPS) is 20.8. The molecule has 3 rings (SSSR count). The molecule has 4 unspecified atom stereocenters. The number of hydrogen-bond donors (Lipinski definition) is 2. The molecule has 2 N–H and O–H groups in total. The van der Waals surface area contributed by atoms with Crippen LogP contribution < -0.4 is 0 Å². The van der Waals surface area contributed by atoms with Crippen LogP contribution >= 0.6 is 0 Å². The molecule has 1 heterocycles. The molecule has 198 valence electrons. The zero-order valence-corrected chi connectivity index (χ0v) is 21.3. The van der Waals surface area contributed by atoms with E-state index in [4.69, 9.17) is 14.2 Å². The Bertz CT molecular complexity index is 865. The van der Waals surface area contributed by atoms with Crippen molar-refractivity contribution in [1.82, 2.24) is 4.90 Å². The fourth-order valence-electron chi connectivity index (χ4n) is 4.32. The van der Waals surface area contributed by atoms with Crippen LogP contribution in [0.1, 0.15) is 62.9 Å². The van der Waals surface area contributed by atoms with Gasteiger partial charge in [0.2, 0.25) is 0 Å². The summed E-state index contributed by atoms with van der Waals surface area (Å²) in [5.74, 6) is -0.230. The van der Waals surface area contributed by atoms with Crippen LogP contribution in [-0.4, -0.2) is 65.6 Å². The summed E-state index contributed by atoms with van der Waals surface area (Å²) in [5, 5.41) is 21.3. The number of nitrogens with zero attached hydrogens (tertiary/aromatic N) is 1. The Morgan fingerprint density at radius 2 is 1.75 bits per heavy atom. The van der Waals surface area contributed by atoms with Crippen LogP contribution in [0.15, 0.2) is 60.7 Å². The minimum Gasteiger partial charge on any atom is -0.461 e. The fourth-order valence-corrected chi connectivity index (χ4v) is 4.32. The maximum atomic E-state index is 12.3. The van der Waals surface area contributed by atoms with Gasteiger partial charge in [-0.1, -0.05) is 86.8 Å². The second-order valence-corrected chi connectivity index (χ2v) is 9.40. The molecule has 4 atom stereocenters. The third-order valence-electron chi connectivity index (χ3n) is 6.47. The van der Waals surface area contributed by atoms with Gasteiger partial charge in [-0.3, -0.25) is 4.79 Å². The zero-order chi connectivity index (χ0) is 25.6. The Morgan fingerprint density at radius 1 is 1.03 bits per heavy atom. The Kier molecular flexibility index (Phi) is 12.4. The lowest BCUT2D eigenvalue weighted by molar-refractivity contribution is -0.276. The molecule has 7 heteroatoms. The van der Waals surface area contributed by atoms with Crippen molar-refractivity contribution in [2.24, 2.45) is 0 Å². The summed E-state index contributed by atoms with van der Waals surface area (Å²) in [7, 11) is 0. The van der Waals surface area contributed by atoms with E-state index < -0.39 is 24.6 Å². The van der Waals surface area contributed by atoms with Crippen LogP contribution in [-0.2, 0) is 25.6 Å². The van der Waals surface area contributed by atoms with Gasteiger partial charge in [-0.15, -0.1) is 0 Å². The van der Waals surface area contributed by atoms with E-state index in [0.717, 1.165) is 36.9 Å². The van der Waals surface area contributed by atoms with Gasteiger partial charge in [0, 0.05) is 18.7 Å². The molecule has 0 aliphatic carbocycles. The van der Waals surface area contributed by atoms with Crippen molar-refractivity contribution >= 4 is 5.97 Å². The van der Waals surface area contributed by atoms with Gasteiger partial charge in [-0.25, -0.2) is 0 Å². The molecule has 0 spiro atoms. The van der Waals surface area contributed by atoms with E-state index >= 15 is 0 Å². The summed E-state index contributed by atoms with van der Waals surface area (Å²) in [6, 6.07) is 19.2. The van der Waals surface area contributed by atoms with Crippen molar-refractivity contribution in [3.05, 3.63) is 71.8 Å². The molecular formula is C29H41NO6. The van der Waals surface area contributed by atoms with Gasteiger partial charge in [0.1, 0.15) is 18.8 Å². The second-order valence-electron chi connectivity index (χ2n) is 9.40. The van der Waals surface area contributed by atoms with Gasteiger partial charge < -0.3 is 29.3 Å². The molecule has 0 amide bonds. The van der Waals surface area contributed by atoms with E-state index in [1.807, 2.05) is 60.7 Å². The van der Waals surface area contributed by atoms with Crippen molar-refractivity contribution in [2.75, 3.05) is 26.2 Å².